The lowest BCUT2D eigenvalue weighted by molar-refractivity contribution is -0.138. The Balaban J connectivity index is 1.09. The first-order chi connectivity index (χ1) is 23.4. The molecule has 4 nitrogen and oxygen atoms in total. The van der Waals surface area contributed by atoms with Crippen LogP contribution >= 0.6 is 0 Å². The topological polar surface area (TPSA) is 24.9 Å². The van der Waals surface area contributed by atoms with E-state index in [1.54, 1.807) is 24.3 Å². The molecular formula is C37H36F8N2O2. The number of alkyl halides is 6. The van der Waals surface area contributed by atoms with E-state index in [0.29, 0.717) is 48.4 Å². The molecule has 0 saturated carbocycles. The highest BCUT2D eigenvalue weighted by molar-refractivity contribution is 5.34. The van der Waals surface area contributed by atoms with Gasteiger partial charge in [-0.15, -0.1) is 0 Å². The van der Waals surface area contributed by atoms with Crippen molar-refractivity contribution in [3.8, 4) is 0 Å². The molecule has 0 spiro atoms. The van der Waals surface area contributed by atoms with Crippen molar-refractivity contribution in [3.63, 3.8) is 0 Å². The first kappa shape index (κ1) is 36.4. The van der Waals surface area contributed by atoms with Crippen LogP contribution in [-0.2, 0) is 21.8 Å². The second-order valence-corrected chi connectivity index (χ2v) is 11.9. The van der Waals surface area contributed by atoms with Gasteiger partial charge in [0.15, 0.2) is 0 Å². The molecule has 0 aliphatic carbocycles. The molecule has 4 aromatic rings. The maximum absolute atomic E-state index is 13.6. The molecule has 2 unspecified atom stereocenters. The van der Waals surface area contributed by atoms with Crippen LogP contribution in [0.3, 0.4) is 0 Å². The van der Waals surface area contributed by atoms with Crippen molar-refractivity contribution in [1.29, 1.82) is 0 Å². The lowest BCUT2D eigenvalue weighted by Crippen LogP contribution is -2.47. The van der Waals surface area contributed by atoms with E-state index in [1.807, 2.05) is 0 Å². The maximum atomic E-state index is 13.6. The molecule has 262 valence electrons. The molecule has 5 rings (SSSR count). The molecule has 0 aromatic heterocycles. The van der Waals surface area contributed by atoms with Crippen LogP contribution in [0.15, 0.2) is 97.1 Å². The molecule has 1 saturated heterocycles. The van der Waals surface area contributed by atoms with Crippen molar-refractivity contribution in [3.05, 3.63) is 142 Å². The van der Waals surface area contributed by atoms with Crippen LogP contribution in [0.4, 0.5) is 35.1 Å². The van der Waals surface area contributed by atoms with Crippen molar-refractivity contribution < 1.29 is 44.6 Å². The van der Waals surface area contributed by atoms with Crippen LogP contribution in [0.5, 0.6) is 0 Å². The Bertz CT molecular complexity index is 1580. The number of piperazine rings is 1. The maximum Gasteiger partial charge on any atom is 0.416 e. The molecule has 49 heavy (non-hydrogen) atoms. The van der Waals surface area contributed by atoms with Crippen LogP contribution in [0.2, 0.25) is 0 Å². The highest BCUT2D eigenvalue weighted by Gasteiger charge is 2.31. The number of halogens is 8. The monoisotopic (exact) mass is 692 g/mol. The van der Waals surface area contributed by atoms with Gasteiger partial charge in [0.25, 0.3) is 0 Å². The zero-order valence-corrected chi connectivity index (χ0v) is 26.5. The van der Waals surface area contributed by atoms with E-state index in [4.69, 9.17) is 9.47 Å². The van der Waals surface area contributed by atoms with Gasteiger partial charge in [0.1, 0.15) is 23.8 Å². The lowest BCUT2D eigenvalue weighted by atomic mass is 10.00. The van der Waals surface area contributed by atoms with E-state index in [2.05, 4.69) is 9.80 Å². The Kier molecular flexibility index (Phi) is 12.1. The fourth-order valence-corrected chi connectivity index (χ4v) is 5.76. The number of ether oxygens (including phenoxy) is 2. The van der Waals surface area contributed by atoms with E-state index >= 15 is 0 Å². The van der Waals surface area contributed by atoms with Crippen LogP contribution in [0, 0.1) is 11.6 Å². The van der Waals surface area contributed by atoms with E-state index in [-0.39, 0.29) is 0 Å². The summed E-state index contributed by atoms with van der Waals surface area (Å²) in [5.41, 5.74) is 0.823. The molecule has 1 fully saturated rings. The Morgan fingerprint density at radius 1 is 0.469 bits per heavy atom. The third-order valence-corrected chi connectivity index (χ3v) is 8.49. The predicted octanol–water partition coefficient (Wildman–Crippen LogP) is 8.92. The van der Waals surface area contributed by atoms with E-state index in [1.165, 1.54) is 48.5 Å². The molecule has 12 heteroatoms. The van der Waals surface area contributed by atoms with Gasteiger partial charge < -0.3 is 14.4 Å². The summed E-state index contributed by atoms with van der Waals surface area (Å²) in [6, 6.07) is 21.0. The third kappa shape index (κ3) is 10.3. The first-order valence-electron chi connectivity index (χ1n) is 15.9. The molecular weight excluding hydrogens is 656 g/mol. The quantitative estimate of drug-likeness (QED) is 0.103. The fraction of sp³-hybridized carbons (Fsp3) is 0.351. The highest BCUT2D eigenvalue weighted by Crippen LogP contribution is 2.34. The molecule has 1 aliphatic heterocycles. The number of benzene rings is 4. The van der Waals surface area contributed by atoms with Crippen LogP contribution in [0.25, 0.3) is 0 Å². The Morgan fingerprint density at radius 3 is 1.16 bits per heavy atom. The predicted molar refractivity (Wildman–Crippen MR) is 169 cm³/mol. The fourth-order valence-electron chi connectivity index (χ4n) is 5.76. The summed E-state index contributed by atoms with van der Waals surface area (Å²) < 4.78 is 118. The standard InChI is InChI=1S/C37H36F8N2O2/c38-32-14-6-28(7-15-32)34(26-2-10-30(11-3-26)36(40,41)42)48-24-1-18-46-19-21-47(22-20-46)23-25-49-35(29-8-16-33(39)17-9-29)27-4-12-31(13-5-27)37(43,44)45/h2-17,34-35H,1,18-25H2. The van der Waals surface area contributed by atoms with Gasteiger partial charge in [0.05, 0.1) is 17.7 Å². The average molecular weight is 693 g/mol. The molecule has 1 heterocycles. The smallest absolute Gasteiger partial charge is 0.369 e. The summed E-state index contributed by atoms with van der Waals surface area (Å²) in [4.78, 5) is 4.52. The molecule has 1 aliphatic rings. The minimum absolute atomic E-state index is 0.311. The van der Waals surface area contributed by atoms with Gasteiger partial charge in [-0.1, -0.05) is 48.5 Å². The minimum Gasteiger partial charge on any atom is -0.369 e. The largest absolute Gasteiger partial charge is 0.416 e. The summed E-state index contributed by atoms with van der Waals surface area (Å²) in [5, 5.41) is 0. The van der Waals surface area contributed by atoms with E-state index < -0.39 is 47.3 Å². The number of nitrogens with zero attached hydrogens (tertiary/aromatic N) is 2. The van der Waals surface area contributed by atoms with Crippen molar-refractivity contribution in [2.45, 2.75) is 31.0 Å². The minimum atomic E-state index is -4.46. The van der Waals surface area contributed by atoms with E-state index in [9.17, 15) is 35.1 Å². The van der Waals surface area contributed by atoms with Gasteiger partial charge in [-0.2, -0.15) is 26.3 Å². The van der Waals surface area contributed by atoms with Crippen molar-refractivity contribution in [2.24, 2.45) is 0 Å². The van der Waals surface area contributed by atoms with Crippen LogP contribution in [-0.4, -0.2) is 62.3 Å². The molecule has 0 N–H and O–H groups in total. The molecule has 0 bridgehead atoms. The van der Waals surface area contributed by atoms with Gasteiger partial charge in [0.2, 0.25) is 0 Å². The SMILES string of the molecule is Fc1ccc(C(OCCCN2CCN(CCOC(c3ccc(F)cc3)c3ccc(C(F)(F)F)cc3)CC2)c2ccc(C(F)(F)F)cc2)cc1. The normalized spacial score (nSPS) is 16.1. The van der Waals surface area contributed by atoms with Gasteiger partial charge in [-0.25, -0.2) is 8.78 Å². The lowest BCUT2D eigenvalue weighted by Gasteiger charge is -2.35. The summed E-state index contributed by atoms with van der Waals surface area (Å²) in [5.74, 6) is -0.848. The van der Waals surface area contributed by atoms with Crippen molar-refractivity contribution in [1.82, 2.24) is 9.80 Å². The zero-order chi connectivity index (χ0) is 35.0. The summed E-state index contributed by atoms with van der Waals surface area (Å²) >= 11 is 0. The zero-order valence-electron chi connectivity index (χ0n) is 26.5. The van der Waals surface area contributed by atoms with Crippen LogP contribution in [0.1, 0.15) is 52.0 Å². The Morgan fingerprint density at radius 2 is 0.796 bits per heavy atom. The summed E-state index contributed by atoms with van der Waals surface area (Å²) in [7, 11) is 0. The third-order valence-electron chi connectivity index (χ3n) is 8.49. The second-order valence-electron chi connectivity index (χ2n) is 11.9. The summed E-state index contributed by atoms with van der Waals surface area (Å²) in [6.45, 7) is 5.12. The molecule has 0 radical (unpaired) electrons. The summed E-state index contributed by atoms with van der Waals surface area (Å²) in [6.07, 6.45) is -9.55. The highest BCUT2D eigenvalue weighted by atomic mass is 19.4. The Hall–Kier alpha value is -3.84. The Labute approximate surface area is 279 Å². The van der Waals surface area contributed by atoms with Gasteiger partial charge in [-0.3, -0.25) is 4.90 Å². The van der Waals surface area contributed by atoms with Crippen LogP contribution < -0.4 is 0 Å². The number of hydrogen-bond acceptors (Lipinski definition) is 4. The van der Waals surface area contributed by atoms with Crippen molar-refractivity contribution in [2.75, 3.05) is 52.5 Å². The molecule has 2 atom stereocenters. The van der Waals surface area contributed by atoms with E-state index in [0.717, 1.165) is 57.0 Å². The first-order valence-corrected chi connectivity index (χ1v) is 15.9. The van der Waals surface area contributed by atoms with Crippen molar-refractivity contribution >= 4 is 0 Å². The average Bonchev–Trinajstić information content (AvgIpc) is 3.08. The van der Waals surface area contributed by atoms with Gasteiger partial charge in [0, 0.05) is 45.9 Å². The molecule has 4 aromatic carbocycles. The number of rotatable bonds is 13. The number of hydrogen-bond donors (Lipinski definition) is 0. The van der Waals surface area contributed by atoms with Gasteiger partial charge >= 0.3 is 12.4 Å². The van der Waals surface area contributed by atoms with Gasteiger partial charge in [-0.05, 0) is 77.2 Å². The molecule has 0 amide bonds. The second kappa shape index (κ2) is 16.2.